The molecule has 0 radical (unpaired) electrons. The lowest BCUT2D eigenvalue weighted by Gasteiger charge is -2.45. The summed E-state index contributed by atoms with van der Waals surface area (Å²) in [5.74, 6) is -0.214. The van der Waals surface area contributed by atoms with Crippen LogP contribution in [0.1, 0.15) is 31.2 Å². The van der Waals surface area contributed by atoms with Gasteiger partial charge in [-0.15, -0.1) is 0 Å². The van der Waals surface area contributed by atoms with Crippen molar-refractivity contribution in [3.8, 4) is 11.5 Å². The molecule has 3 rings (SSSR count). The van der Waals surface area contributed by atoms with Crippen molar-refractivity contribution in [2.24, 2.45) is 5.92 Å². The Bertz CT molecular complexity index is 1070. The third kappa shape index (κ3) is 4.91. The smallest absolute Gasteiger partial charge is 0.325 e. The van der Waals surface area contributed by atoms with Crippen LogP contribution in [0.15, 0.2) is 36.4 Å². The second kappa shape index (κ2) is 10.00. The molecule has 0 unspecified atom stereocenters. The van der Waals surface area contributed by atoms with Crippen molar-refractivity contribution in [2.45, 2.75) is 31.3 Å². The number of nitro groups is 3. The molecule has 34 heavy (non-hydrogen) atoms. The van der Waals surface area contributed by atoms with Gasteiger partial charge in [-0.25, -0.2) is 0 Å². The molecule has 12 heteroatoms. The predicted octanol–water partition coefficient (Wildman–Crippen LogP) is 4.45. The fraction of sp³-hybridized carbons (Fsp3) is 0.455. The average molecular weight is 474 g/mol. The van der Waals surface area contributed by atoms with Crippen LogP contribution < -0.4 is 9.47 Å². The maximum atomic E-state index is 11.9. The van der Waals surface area contributed by atoms with Crippen LogP contribution in [0, 0.1) is 36.3 Å². The Morgan fingerprint density at radius 1 is 1.00 bits per heavy atom. The average Bonchev–Trinajstić information content (AvgIpc) is 2.79. The van der Waals surface area contributed by atoms with Crippen LogP contribution in [0.25, 0.3) is 0 Å². The zero-order valence-electron chi connectivity index (χ0n) is 19.1. The molecule has 1 fully saturated rings. The highest BCUT2D eigenvalue weighted by atomic mass is 16.6. The second-order valence-corrected chi connectivity index (χ2v) is 8.51. The lowest BCUT2D eigenvalue weighted by molar-refractivity contribution is -0.405. The summed E-state index contributed by atoms with van der Waals surface area (Å²) in [6.07, 6.45) is 2.81. The minimum absolute atomic E-state index is 0.169. The molecule has 1 aliphatic rings. The van der Waals surface area contributed by atoms with Crippen molar-refractivity contribution in [1.29, 1.82) is 0 Å². The maximum absolute atomic E-state index is 11.9. The van der Waals surface area contributed by atoms with E-state index in [9.17, 15) is 30.3 Å². The van der Waals surface area contributed by atoms with Crippen LogP contribution in [0.3, 0.4) is 0 Å². The van der Waals surface area contributed by atoms with Crippen molar-refractivity contribution >= 4 is 17.1 Å². The van der Waals surface area contributed by atoms with Gasteiger partial charge in [0.2, 0.25) is 0 Å². The van der Waals surface area contributed by atoms with Crippen LogP contribution in [0.4, 0.5) is 17.1 Å². The standard InChI is InChI=1S/C22H26N4O8/c1-23(2)14-16-7-4-5-10-22(16,15-8-6-9-18(11-15)33-3)34-21-19(25(29)30)12-17(24(27)28)13-20(21)26(31)32/h6,8-9,11-13,16H,4-5,7,10,14H2,1-3H3/t16-,22+/m1/s1. The lowest BCUT2D eigenvalue weighted by Crippen LogP contribution is -2.47. The van der Waals surface area contributed by atoms with Gasteiger partial charge in [-0.05, 0) is 51.1 Å². The molecule has 0 amide bonds. The topological polar surface area (TPSA) is 151 Å². The van der Waals surface area contributed by atoms with E-state index in [-0.39, 0.29) is 5.92 Å². The quantitative estimate of drug-likeness (QED) is 0.379. The summed E-state index contributed by atoms with van der Waals surface area (Å²) in [7, 11) is 5.29. The lowest BCUT2D eigenvalue weighted by atomic mass is 9.71. The Morgan fingerprint density at radius 2 is 1.65 bits per heavy atom. The van der Waals surface area contributed by atoms with Gasteiger partial charge in [-0.3, -0.25) is 30.3 Å². The summed E-state index contributed by atoms with van der Waals surface area (Å²) in [6.45, 7) is 0.561. The van der Waals surface area contributed by atoms with Crippen LogP contribution in [0.5, 0.6) is 11.5 Å². The minimum atomic E-state index is -1.15. The number of benzene rings is 2. The first-order chi connectivity index (χ1) is 16.1. The first-order valence-corrected chi connectivity index (χ1v) is 10.7. The van der Waals surface area contributed by atoms with E-state index in [1.165, 1.54) is 7.11 Å². The van der Waals surface area contributed by atoms with Crippen molar-refractivity contribution in [1.82, 2.24) is 4.90 Å². The van der Waals surface area contributed by atoms with Gasteiger partial charge in [0.15, 0.2) is 0 Å². The molecule has 0 bridgehead atoms. The molecule has 0 saturated heterocycles. The number of methoxy groups -OCH3 is 1. The fourth-order valence-electron chi connectivity index (χ4n) is 4.60. The van der Waals surface area contributed by atoms with E-state index < -0.39 is 43.2 Å². The monoisotopic (exact) mass is 474 g/mol. The Kier molecular flexibility index (Phi) is 7.30. The summed E-state index contributed by atoms with van der Waals surface area (Å²) in [5, 5.41) is 35.0. The molecule has 2 aromatic carbocycles. The molecule has 0 heterocycles. The number of hydrogen-bond donors (Lipinski definition) is 0. The fourth-order valence-corrected chi connectivity index (χ4v) is 4.60. The van der Waals surface area contributed by atoms with E-state index in [0.717, 1.165) is 19.3 Å². The first kappa shape index (κ1) is 24.8. The molecule has 0 spiro atoms. The van der Waals surface area contributed by atoms with Crippen molar-refractivity contribution in [3.05, 3.63) is 72.3 Å². The van der Waals surface area contributed by atoms with Gasteiger partial charge in [0, 0.05) is 12.5 Å². The molecule has 0 N–H and O–H groups in total. The molecular weight excluding hydrogens is 448 g/mol. The Morgan fingerprint density at radius 3 is 2.18 bits per heavy atom. The number of nitro benzene ring substituents is 3. The molecule has 1 saturated carbocycles. The van der Waals surface area contributed by atoms with Gasteiger partial charge in [0.25, 0.3) is 11.4 Å². The zero-order valence-corrected chi connectivity index (χ0v) is 19.1. The highest BCUT2D eigenvalue weighted by Crippen LogP contribution is 2.50. The zero-order chi connectivity index (χ0) is 25.0. The Hall–Kier alpha value is -3.80. The highest BCUT2D eigenvalue weighted by molar-refractivity contribution is 5.66. The van der Waals surface area contributed by atoms with Crippen LogP contribution in [-0.4, -0.2) is 47.4 Å². The van der Waals surface area contributed by atoms with Gasteiger partial charge in [-0.2, -0.15) is 0 Å². The number of rotatable bonds is 9. The van der Waals surface area contributed by atoms with Crippen LogP contribution >= 0.6 is 0 Å². The molecule has 12 nitrogen and oxygen atoms in total. The van der Waals surface area contributed by atoms with Crippen molar-refractivity contribution in [2.75, 3.05) is 27.7 Å². The van der Waals surface area contributed by atoms with E-state index in [1.54, 1.807) is 24.3 Å². The van der Waals surface area contributed by atoms with Crippen molar-refractivity contribution in [3.63, 3.8) is 0 Å². The molecule has 0 aliphatic heterocycles. The van der Waals surface area contributed by atoms with Gasteiger partial charge in [-0.1, -0.05) is 18.6 Å². The summed E-state index contributed by atoms with van der Waals surface area (Å²) >= 11 is 0. The van der Waals surface area contributed by atoms with E-state index in [1.807, 2.05) is 19.0 Å². The Labute approximate surface area is 195 Å². The third-order valence-electron chi connectivity index (χ3n) is 6.08. The van der Waals surface area contributed by atoms with Gasteiger partial charge in [0.05, 0.1) is 34.0 Å². The summed E-state index contributed by atoms with van der Waals surface area (Å²) in [4.78, 5) is 34.3. The van der Waals surface area contributed by atoms with E-state index in [0.29, 0.717) is 36.4 Å². The molecular formula is C22H26N4O8. The molecule has 2 aromatic rings. The highest BCUT2D eigenvalue weighted by Gasteiger charge is 2.48. The molecule has 2 atom stereocenters. The predicted molar refractivity (Wildman–Crippen MR) is 122 cm³/mol. The van der Waals surface area contributed by atoms with Crippen LogP contribution in [-0.2, 0) is 5.60 Å². The number of ether oxygens (including phenoxy) is 2. The number of non-ortho nitro benzene ring substituents is 1. The summed E-state index contributed by atoms with van der Waals surface area (Å²) in [6, 6.07) is 8.48. The first-order valence-electron chi connectivity index (χ1n) is 10.7. The van der Waals surface area contributed by atoms with Gasteiger partial charge in [0.1, 0.15) is 11.4 Å². The molecule has 0 aromatic heterocycles. The maximum Gasteiger partial charge on any atom is 0.325 e. The van der Waals surface area contributed by atoms with Gasteiger partial charge < -0.3 is 14.4 Å². The molecule has 1 aliphatic carbocycles. The third-order valence-corrected chi connectivity index (χ3v) is 6.08. The van der Waals surface area contributed by atoms with E-state index in [2.05, 4.69) is 0 Å². The summed E-state index contributed by atoms with van der Waals surface area (Å²) < 4.78 is 11.7. The van der Waals surface area contributed by atoms with E-state index in [4.69, 9.17) is 9.47 Å². The van der Waals surface area contributed by atoms with Gasteiger partial charge >= 0.3 is 11.4 Å². The van der Waals surface area contributed by atoms with Crippen LogP contribution in [0.2, 0.25) is 0 Å². The normalized spacial score (nSPS) is 20.1. The Balaban J connectivity index is 2.29. The van der Waals surface area contributed by atoms with Crippen molar-refractivity contribution < 1.29 is 24.2 Å². The van der Waals surface area contributed by atoms with E-state index >= 15 is 0 Å². The number of hydrogen-bond acceptors (Lipinski definition) is 9. The molecule has 182 valence electrons. The second-order valence-electron chi connectivity index (χ2n) is 8.51. The largest absolute Gasteiger partial charge is 0.497 e. The summed E-state index contributed by atoms with van der Waals surface area (Å²) in [5.41, 5.74) is -2.88. The SMILES string of the molecule is COc1cccc([C@@]2(Oc3c([N+](=O)[O-])cc([N+](=O)[O-])cc3[N+](=O)[O-])CCCC[C@@H]2CN(C)C)c1. The number of nitrogens with zero attached hydrogens (tertiary/aromatic N) is 4. The minimum Gasteiger partial charge on any atom is -0.497 e.